The van der Waals surface area contributed by atoms with Gasteiger partial charge >= 0.3 is 6.18 Å². The van der Waals surface area contributed by atoms with Gasteiger partial charge in [-0.25, -0.2) is 0 Å². The minimum Gasteiger partial charge on any atom is -0.367 e. The Bertz CT molecular complexity index is 311. The molecule has 0 aliphatic rings. The molecule has 0 saturated carbocycles. The Morgan fingerprint density at radius 1 is 1.36 bits per heavy atom. The molecule has 1 rings (SSSR count). The van der Waals surface area contributed by atoms with Crippen molar-refractivity contribution in [2.45, 2.75) is 19.2 Å². The number of hydrogen-bond donors (Lipinski definition) is 0. The van der Waals surface area contributed by atoms with Gasteiger partial charge in [0.2, 0.25) is 0 Å². The molecular formula is C9H10F3NO. The minimum absolute atomic E-state index is 0.0278. The summed E-state index contributed by atoms with van der Waals surface area (Å²) in [6.45, 7) is 1.68. The van der Waals surface area contributed by atoms with Crippen LogP contribution in [-0.2, 0) is 4.74 Å². The van der Waals surface area contributed by atoms with Crippen LogP contribution in [-0.4, -0.2) is 18.3 Å². The Hall–Kier alpha value is -1.10. The molecule has 0 spiro atoms. The van der Waals surface area contributed by atoms with Crippen molar-refractivity contribution < 1.29 is 17.9 Å². The van der Waals surface area contributed by atoms with Crippen LogP contribution in [0.2, 0.25) is 0 Å². The lowest BCUT2D eigenvalue weighted by Crippen LogP contribution is -2.22. The molecule has 0 radical (unpaired) electrons. The van der Waals surface area contributed by atoms with Gasteiger partial charge in [0.05, 0.1) is 0 Å². The highest BCUT2D eigenvalue weighted by molar-refractivity contribution is 5.20. The molecular weight excluding hydrogens is 195 g/mol. The average molecular weight is 205 g/mol. The van der Waals surface area contributed by atoms with E-state index in [1.165, 1.54) is 12.3 Å². The molecule has 1 aromatic rings. The lowest BCUT2D eigenvalue weighted by Gasteiger charge is -2.18. The molecule has 0 aliphatic carbocycles. The number of aryl methyl sites for hydroxylation is 1. The molecule has 14 heavy (non-hydrogen) atoms. The summed E-state index contributed by atoms with van der Waals surface area (Å²) >= 11 is 0. The molecule has 0 bridgehead atoms. The van der Waals surface area contributed by atoms with Crippen LogP contribution in [0.25, 0.3) is 0 Å². The van der Waals surface area contributed by atoms with Crippen LogP contribution in [0.1, 0.15) is 17.2 Å². The maximum absolute atomic E-state index is 12.4. The van der Waals surface area contributed by atoms with E-state index in [0.29, 0.717) is 5.56 Å². The van der Waals surface area contributed by atoms with Crippen LogP contribution in [0.4, 0.5) is 13.2 Å². The first kappa shape index (κ1) is 11.0. The molecule has 1 unspecified atom stereocenters. The van der Waals surface area contributed by atoms with Crippen molar-refractivity contribution in [3.63, 3.8) is 0 Å². The van der Waals surface area contributed by atoms with E-state index >= 15 is 0 Å². The zero-order chi connectivity index (χ0) is 10.8. The quantitative estimate of drug-likeness (QED) is 0.740. The van der Waals surface area contributed by atoms with Gasteiger partial charge in [-0.05, 0) is 12.5 Å². The normalized spacial score (nSPS) is 14.1. The standard InChI is InChI=1S/C9H10F3NO/c1-6-3-7(5-13-4-6)8(14-2)9(10,11)12/h3-5,8H,1-2H3. The lowest BCUT2D eigenvalue weighted by atomic mass is 10.1. The molecule has 0 saturated heterocycles. The number of ether oxygens (including phenoxy) is 1. The molecule has 1 atom stereocenters. The van der Waals surface area contributed by atoms with Gasteiger partial charge in [-0.1, -0.05) is 6.07 Å². The highest BCUT2D eigenvalue weighted by Gasteiger charge is 2.41. The summed E-state index contributed by atoms with van der Waals surface area (Å²) in [7, 11) is 1.03. The highest BCUT2D eigenvalue weighted by Crippen LogP contribution is 2.34. The number of aromatic nitrogens is 1. The first-order chi connectivity index (χ1) is 6.45. The Labute approximate surface area is 79.7 Å². The van der Waals surface area contributed by atoms with Crippen LogP contribution in [0.5, 0.6) is 0 Å². The van der Waals surface area contributed by atoms with Crippen molar-refractivity contribution in [2.24, 2.45) is 0 Å². The lowest BCUT2D eigenvalue weighted by molar-refractivity contribution is -0.216. The van der Waals surface area contributed by atoms with Crippen molar-refractivity contribution in [1.82, 2.24) is 4.98 Å². The number of halogens is 3. The van der Waals surface area contributed by atoms with Crippen LogP contribution < -0.4 is 0 Å². The van der Waals surface area contributed by atoms with Gasteiger partial charge in [-0.3, -0.25) is 4.98 Å². The fraction of sp³-hybridized carbons (Fsp3) is 0.444. The van der Waals surface area contributed by atoms with Gasteiger partial charge in [-0.2, -0.15) is 13.2 Å². The smallest absolute Gasteiger partial charge is 0.367 e. The number of hydrogen-bond acceptors (Lipinski definition) is 2. The van der Waals surface area contributed by atoms with Gasteiger partial charge in [0.15, 0.2) is 6.10 Å². The average Bonchev–Trinajstić information content (AvgIpc) is 2.02. The Morgan fingerprint density at radius 2 is 2.00 bits per heavy atom. The second kappa shape index (κ2) is 3.96. The van der Waals surface area contributed by atoms with E-state index in [1.807, 2.05) is 0 Å². The van der Waals surface area contributed by atoms with E-state index < -0.39 is 12.3 Å². The first-order valence-electron chi connectivity index (χ1n) is 3.96. The van der Waals surface area contributed by atoms with E-state index in [4.69, 9.17) is 0 Å². The Balaban J connectivity index is 3.01. The van der Waals surface area contributed by atoms with Crippen molar-refractivity contribution in [1.29, 1.82) is 0 Å². The molecule has 1 aromatic heterocycles. The van der Waals surface area contributed by atoms with Crippen molar-refractivity contribution in [3.05, 3.63) is 29.6 Å². The third-order valence-electron chi connectivity index (χ3n) is 1.73. The summed E-state index contributed by atoms with van der Waals surface area (Å²) in [6.07, 6.45) is -3.64. The van der Waals surface area contributed by atoms with Crippen molar-refractivity contribution in [3.8, 4) is 0 Å². The molecule has 78 valence electrons. The molecule has 5 heteroatoms. The summed E-state index contributed by atoms with van der Waals surface area (Å²) in [5.74, 6) is 0. The molecule has 1 heterocycles. The number of nitrogens with zero attached hydrogens (tertiary/aromatic N) is 1. The fourth-order valence-corrected chi connectivity index (χ4v) is 1.18. The Morgan fingerprint density at radius 3 is 2.43 bits per heavy atom. The second-order valence-electron chi connectivity index (χ2n) is 2.95. The third kappa shape index (κ3) is 2.45. The monoisotopic (exact) mass is 205 g/mol. The maximum atomic E-state index is 12.4. The first-order valence-corrected chi connectivity index (χ1v) is 3.96. The maximum Gasteiger partial charge on any atom is 0.418 e. The van der Waals surface area contributed by atoms with E-state index in [2.05, 4.69) is 9.72 Å². The molecule has 0 fully saturated rings. The molecule has 0 N–H and O–H groups in total. The number of methoxy groups -OCH3 is 1. The highest BCUT2D eigenvalue weighted by atomic mass is 19.4. The molecule has 0 aliphatic heterocycles. The van der Waals surface area contributed by atoms with Gasteiger partial charge in [0.25, 0.3) is 0 Å². The summed E-state index contributed by atoms with van der Waals surface area (Å²) in [4.78, 5) is 3.69. The van der Waals surface area contributed by atoms with Crippen molar-refractivity contribution >= 4 is 0 Å². The predicted octanol–water partition coefficient (Wildman–Crippen LogP) is 2.64. The van der Waals surface area contributed by atoms with Gasteiger partial charge in [0.1, 0.15) is 0 Å². The van der Waals surface area contributed by atoms with Gasteiger partial charge in [0, 0.05) is 25.1 Å². The summed E-state index contributed by atoms with van der Waals surface area (Å²) in [6, 6.07) is 1.41. The zero-order valence-corrected chi connectivity index (χ0v) is 7.80. The van der Waals surface area contributed by atoms with E-state index in [-0.39, 0.29) is 5.56 Å². The van der Waals surface area contributed by atoms with E-state index in [0.717, 1.165) is 13.3 Å². The van der Waals surface area contributed by atoms with Crippen molar-refractivity contribution in [2.75, 3.05) is 7.11 Å². The van der Waals surface area contributed by atoms with E-state index in [9.17, 15) is 13.2 Å². The van der Waals surface area contributed by atoms with Crippen LogP contribution >= 0.6 is 0 Å². The van der Waals surface area contributed by atoms with Crippen LogP contribution in [0.3, 0.4) is 0 Å². The third-order valence-corrected chi connectivity index (χ3v) is 1.73. The number of rotatable bonds is 2. The minimum atomic E-state index is -4.40. The number of alkyl halides is 3. The van der Waals surface area contributed by atoms with E-state index in [1.54, 1.807) is 6.92 Å². The fourth-order valence-electron chi connectivity index (χ4n) is 1.18. The number of pyridine rings is 1. The van der Waals surface area contributed by atoms with Gasteiger partial charge < -0.3 is 4.74 Å². The van der Waals surface area contributed by atoms with Gasteiger partial charge in [-0.15, -0.1) is 0 Å². The molecule has 0 aromatic carbocycles. The Kier molecular flexibility index (Phi) is 3.10. The molecule has 2 nitrogen and oxygen atoms in total. The summed E-state index contributed by atoms with van der Waals surface area (Å²) in [5, 5.41) is 0. The summed E-state index contributed by atoms with van der Waals surface area (Å²) < 4.78 is 41.5. The molecule has 0 amide bonds. The SMILES string of the molecule is COC(c1cncc(C)c1)C(F)(F)F. The summed E-state index contributed by atoms with van der Waals surface area (Å²) in [5.41, 5.74) is 0.703. The van der Waals surface area contributed by atoms with Crippen LogP contribution in [0.15, 0.2) is 18.5 Å². The largest absolute Gasteiger partial charge is 0.418 e. The zero-order valence-electron chi connectivity index (χ0n) is 7.80. The van der Waals surface area contributed by atoms with Crippen LogP contribution in [0, 0.1) is 6.92 Å². The predicted molar refractivity (Wildman–Crippen MR) is 44.8 cm³/mol. The topological polar surface area (TPSA) is 22.1 Å². The second-order valence-corrected chi connectivity index (χ2v) is 2.95.